The fourth-order valence-electron chi connectivity index (χ4n) is 2.31. The van der Waals surface area contributed by atoms with Crippen LogP contribution in [-0.4, -0.2) is 13.1 Å². The Morgan fingerprint density at radius 3 is 2.56 bits per heavy atom. The molecule has 1 heterocycles. The van der Waals surface area contributed by atoms with E-state index in [1.165, 1.54) is 24.9 Å². The Morgan fingerprint density at radius 2 is 1.94 bits per heavy atom. The molecule has 16 heavy (non-hydrogen) atoms. The van der Waals surface area contributed by atoms with Crippen LogP contribution in [0.25, 0.3) is 0 Å². The van der Waals surface area contributed by atoms with E-state index >= 15 is 0 Å². The van der Waals surface area contributed by atoms with Crippen LogP contribution in [0.1, 0.15) is 37.8 Å². The van der Waals surface area contributed by atoms with Gasteiger partial charge in [0.1, 0.15) is 0 Å². The van der Waals surface area contributed by atoms with Gasteiger partial charge in [-0.15, -0.1) is 0 Å². The molecule has 1 aromatic carbocycles. The van der Waals surface area contributed by atoms with E-state index in [4.69, 9.17) is 17.3 Å². The molecule has 2 rings (SSSR count). The van der Waals surface area contributed by atoms with Gasteiger partial charge in [0.25, 0.3) is 0 Å². The highest BCUT2D eigenvalue weighted by atomic mass is 35.5. The summed E-state index contributed by atoms with van der Waals surface area (Å²) in [6, 6.07) is 6.09. The van der Waals surface area contributed by atoms with Crippen LogP contribution in [-0.2, 0) is 0 Å². The molecule has 3 heteroatoms. The van der Waals surface area contributed by atoms with Gasteiger partial charge in [-0.25, -0.2) is 0 Å². The molecule has 1 aliphatic heterocycles. The van der Waals surface area contributed by atoms with E-state index in [1.807, 2.05) is 19.1 Å². The highest BCUT2D eigenvalue weighted by Crippen LogP contribution is 2.30. The Hall–Kier alpha value is -0.730. The number of hydrogen-bond donors (Lipinski definition) is 1. The number of rotatable bonds is 2. The number of hydrogen-bond acceptors (Lipinski definition) is 2. The van der Waals surface area contributed by atoms with Crippen molar-refractivity contribution in [1.82, 2.24) is 0 Å². The Labute approximate surface area is 102 Å². The maximum absolute atomic E-state index is 6.03. The largest absolute Gasteiger partial charge is 0.371 e. The molecule has 2 nitrogen and oxygen atoms in total. The Balaban J connectivity index is 2.31. The number of anilines is 1. The molecule has 0 unspecified atom stereocenters. The number of nitrogens with zero attached hydrogens (tertiary/aromatic N) is 1. The first-order valence-electron chi connectivity index (χ1n) is 5.98. The molecular formula is C13H19ClN2. The zero-order chi connectivity index (χ0) is 11.5. The van der Waals surface area contributed by atoms with Gasteiger partial charge in [-0.3, -0.25) is 0 Å². The van der Waals surface area contributed by atoms with Crippen LogP contribution >= 0.6 is 11.6 Å². The summed E-state index contributed by atoms with van der Waals surface area (Å²) >= 11 is 6.03. The molecule has 0 spiro atoms. The molecule has 1 saturated heterocycles. The first kappa shape index (κ1) is 11.7. The van der Waals surface area contributed by atoms with Crippen LogP contribution in [0.4, 0.5) is 5.69 Å². The molecule has 1 fully saturated rings. The highest BCUT2D eigenvalue weighted by molar-refractivity contribution is 6.30. The third kappa shape index (κ3) is 2.50. The van der Waals surface area contributed by atoms with Crippen molar-refractivity contribution >= 4 is 17.3 Å². The summed E-state index contributed by atoms with van der Waals surface area (Å²) in [6.45, 7) is 4.29. The van der Waals surface area contributed by atoms with Crippen LogP contribution in [0.5, 0.6) is 0 Å². The Kier molecular flexibility index (Phi) is 3.72. The van der Waals surface area contributed by atoms with Gasteiger partial charge in [0.05, 0.1) is 0 Å². The monoisotopic (exact) mass is 238 g/mol. The zero-order valence-electron chi connectivity index (χ0n) is 9.75. The Bertz CT molecular complexity index is 357. The predicted molar refractivity (Wildman–Crippen MR) is 70.1 cm³/mol. The van der Waals surface area contributed by atoms with Crippen molar-refractivity contribution in [3.05, 3.63) is 28.8 Å². The van der Waals surface area contributed by atoms with Crippen LogP contribution in [0.3, 0.4) is 0 Å². The lowest BCUT2D eigenvalue weighted by Crippen LogP contribution is -2.30. The minimum Gasteiger partial charge on any atom is -0.371 e. The molecule has 0 saturated carbocycles. The average Bonchev–Trinajstić information content (AvgIpc) is 2.30. The second kappa shape index (κ2) is 5.07. The molecule has 0 amide bonds. The quantitative estimate of drug-likeness (QED) is 0.856. The van der Waals surface area contributed by atoms with E-state index < -0.39 is 0 Å². The maximum atomic E-state index is 6.03. The van der Waals surface area contributed by atoms with Gasteiger partial charge in [0, 0.05) is 29.8 Å². The van der Waals surface area contributed by atoms with Gasteiger partial charge < -0.3 is 10.6 Å². The van der Waals surface area contributed by atoms with E-state index in [-0.39, 0.29) is 6.04 Å². The summed E-state index contributed by atoms with van der Waals surface area (Å²) in [6.07, 6.45) is 3.90. The number of benzene rings is 1. The van der Waals surface area contributed by atoms with Gasteiger partial charge in [-0.1, -0.05) is 11.6 Å². The van der Waals surface area contributed by atoms with Crippen molar-refractivity contribution in [3.8, 4) is 0 Å². The van der Waals surface area contributed by atoms with Gasteiger partial charge >= 0.3 is 0 Å². The van der Waals surface area contributed by atoms with Crippen LogP contribution < -0.4 is 10.6 Å². The zero-order valence-corrected chi connectivity index (χ0v) is 10.5. The molecule has 0 aromatic heterocycles. The predicted octanol–water partition coefficient (Wildman–Crippen LogP) is 3.35. The minimum absolute atomic E-state index is 0.0376. The molecule has 1 aromatic rings. The maximum Gasteiger partial charge on any atom is 0.0415 e. The first-order valence-corrected chi connectivity index (χ1v) is 6.36. The number of piperidine rings is 1. The second-order valence-corrected chi connectivity index (χ2v) is 4.98. The molecule has 1 atom stereocenters. The molecule has 0 aliphatic carbocycles. The summed E-state index contributed by atoms with van der Waals surface area (Å²) in [4.78, 5) is 2.43. The second-order valence-electron chi connectivity index (χ2n) is 4.54. The van der Waals surface area contributed by atoms with Crippen molar-refractivity contribution in [2.75, 3.05) is 18.0 Å². The van der Waals surface area contributed by atoms with Crippen molar-refractivity contribution in [3.63, 3.8) is 0 Å². The van der Waals surface area contributed by atoms with Crippen molar-refractivity contribution in [1.29, 1.82) is 0 Å². The average molecular weight is 239 g/mol. The van der Waals surface area contributed by atoms with Crippen LogP contribution in [0, 0.1) is 0 Å². The summed E-state index contributed by atoms with van der Waals surface area (Å²) in [5, 5.41) is 0.771. The SMILES string of the molecule is C[C@@H](N)c1cc(Cl)ccc1N1CCCCC1. The Morgan fingerprint density at radius 1 is 1.25 bits per heavy atom. The van der Waals surface area contributed by atoms with E-state index in [0.717, 1.165) is 23.7 Å². The molecule has 88 valence electrons. The molecule has 0 bridgehead atoms. The summed E-state index contributed by atoms with van der Waals surface area (Å²) in [5.41, 5.74) is 8.43. The normalized spacial score (nSPS) is 18.6. The van der Waals surface area contributed by atoms with Gasteiger partial charge in [0.15, 0.2) is 0 Å². The lowest BCUT2D eigenvalue weighted by Gasteiger charge is -2.31. The van der Waals surface area contributed by atoms with Crippen molar-refractivity contribution in [2.45, 2.75) is 32.2 Å². The molecular weight excluding hydrogens is 220 g/mol. The summed E-state index contributed by atoms with van der Waals surface area (Å²) in [7, 11) is 0. The summed E-state index contributed by atoms with van der Waals surface area (Å²) < 4.78 is 0. The van der Waals surface area contributed by atoms with E-state index in [2.05, 4.69) is 11.0 Å². The first-order chi connectivity index (χ1) is 7.68. The van der Waals surface area contributed by atoms with Crippen LogP contribution in [0.15, 0.2) is 18.2 Å². The van der Waals surface area contributed by atoms with Gasteiger partial charge in [-0.05, 0) is 49.9 Å². The minimum atomic E-state index is 0.0376. The topological polar surface area (TPSA) is 29.3 Å². The third-order valence-electron chi connectivity index (χ3n) is 3.18. The third-order valence-corrected chi connectivity index (χ3v) is 3.41. The van der Waals surface area contributed by atoms with Crippen molar-refractivity contribution < 1.29 is 0 Å². The number of nitrogens with two attached hydrogens (primary N) is 1. The van der Waals surface area contributed by atoms with Gasteiger partial charge in [0.2, 0.25) is 0 Å². The van der Waals surface area contributed by atoms with E-state index in [1.54, 1.807) is 0 Å². The standard InChI is InChI=1S/C13H19ClN2/c1-10(15)12-9-11(14)5-6-13(12)16-7-3-2-4-8-16/h5-6,9-10H,2-4,7-8,15H2,1H3/t10-/m1/s1. The summed E-state index contributed by atoms with van der Waals surface area (Å²) in [5.74, 6) is 0. The fourth-order valence-corrected chi connectivity index (χ4v) is 2.49. The lowest BCUT2D eigenvalue weighted by molar-refractivity contribution is 0.575. The molecule has 2 N–H and O–H groups in total. The van der Waals surface area contributed by atoms with Gasteiger partial charge in [-0.2, -0.15) is 0 Å². The van der Waals surface area contributed by atoms with E-state index in [0.29, 0.717) is 0 Å². The lowest BCUT2D eigenvalue weighted by atomic mass is 10.0. The fraction of sp³-hybridized carbons (Fsp3) is 0.538. The molecule has 1 aliphatic rings. The molecule has 0 radical (unpaired) electrons. The van der Waals surface area contributed by atoms with E-state index in [9.17, 15) is 0 Å². The van der Waals surface area contributed by atoms with Crippen LogP contribution in [0.2, 0.25) is 5.02 Å². The highest BCUT2D eigenvalue weighted by Gasteiger charge is 2.16. The smallest absolute Gasteiger partial charge is 0.0415 e. The number of halogens is 1. The van der Waals surface area contributed by atoms with Crippen molar-refractivity contribution in [2.24, 2.45) is 5.73 Å².